The fourth-order valence-corrected chi connectivity index (χ4v) is 1.74. The van der Waals surface area contributed by atoms with Crippen molar-refractivity contribution < 1.29 is 14.3 Å². The van der Waals surface area contributed by atoms with Crippen LogP contribution in [-0.2, 0) is 14.3 Å². The van der Waals surface area contributed by atoms with Crippen LogP contribution in [0.25, 0.3) is 0 Å². The Hall–Kier alpha value is -2.22. The molecule has 0 saturated carbocycles. The van der Waals surface area contributed by atoms with Crippen molar-refractivity contribution in [3.05, 3.63) is 12.4 Å². The highest BCUT2D eigenvalue weighted by Crippen LogP contribution is 2.07. The van der Waals surface area contributed by atoms with E-state index in [4.69, 9.17) is 4.74 Å². The quantitative estimate of drug-likeness (QED) is 0.738. The van der Waals surface area contributed by atoms with Gasteiger partial charge in [0.2, 0.25) is 11.8 Å². The second kappa shape index (κ2) is 8.93. The van der Waals surface area contributed by atoms with Crippen molar-refractivity contribution >= 4 is 24.5 Å². The molecule has 1 rings (SSSR count). The minimum absolute atomic E-state index is 0.00746. The second-order valence-electron chi connectivity index (χ2n) is 4.99. The van der Waals surface area contributed by atoms with Crippen LogP contribution >= 0.6 is 0 Å². The van der Waals surface area contributed by atoms with Gasteiger partial charge in [0.15, 0.2) is 0 Å². The van der Waals surface area contributed by atoms with Crippen LogP contribution in [0, 0.1) is 0 Å². The molecule has 8 nitrogen and oxygen atoms in total. The lowest BCUT2D eigenvalue weighted by molar-refractivity contribution is -0.127. The van der Waals surface area contributed by atoms with Crippen molar-refractivity contribution in [2.75, 3.05) is 33.4 Å². The van der Waals surface area contributed by atoms with E-state index >= 15 is 0 Å². The summed E-state index contributed by atoms with van der Waals surface area (Å²) in [4.78, 5) is 34.8. The number of nitrogens with zero attached hydrogens (tertiary/aromatic N) is 4. The van der Waals surface area contributed by atoms with Gasteiger partial charge in [-0.05, 0) is 13.8 Å². The van der Waals surface area contributed by atoms with E-state index < -0.39 is 0 Å². The minimum Gasteiger partial charge on any atom is -0.375 e. The Morgan fingerprint density at radius 2 is 2.23 bits per heavy atom. The summed E-state index contributed by atoms with van der Waals surface area (Å²) in [5.74, 6) is 0.0748. The van der Waals surface area contributed by atoms with Gasteiger partial charge < -0.3 is 15.0 Å². The molecule has 0 unspecified atom stereocenters. The normalized spacial score (nSPS) is 18.7. The lowest BCUT2D eigenvalue weighted by atomic mass is 10.3. The maximum absolute atomic E-state index is 12.0. The van der Waals surface area contributed by atoms with E-state index in [1.165, 1.54) is 18.3 Å². The van der Waals surface area contributed by atoms with Gasteiger partial charge in [-0.15, -0.1) is 0 Å². The van der Waals surface area contributed by atoms with Gasteiger partial charge in [0.25, 0.3) is 0 Å². The Bertz CT molecular complexity index is 473. The number of methoxy groups -OCH3 is 1. The lowest BCUT2D eigenvalue weighted by Crippen LogP contribution is -2.39. The number of aliphatic imine (C=N–C) groups is 2. The standard InChI is InChI=1S/C14H23N5O3/c1-11(2)19-9-15-7-14(21)18(10-17-12(19)3)6-5-16-13(20)8-22-4/h9-11H,3,5-8H2,1-2,4H3,(H,16,20)/b15-9-,17-10-. The van der Waals surface area contributed by atoms with Crippen molar-refractivity contribution in [3.8, 4) is 0 Å². The van der Waals surface area contributed by atoms with Crippen molar-refractivity contribution in [2.45, 2.75) is 19.9 Å². The Balaban J connectivity index is 2.65. The summed E-state index contributed by atoms with van der Waals surface area (Å²) in [5.41, 5.74) is 0. The molecule has 1 N–H and O–H groups in total. The number of carbonyl (C=O) groups excluding carboxylic acids is 2. The van der Waals surface area contributed by atoms with Gasteiger partial charge in [-0.2, -0.15) is 0 Å². The molecule has 0 saturated heterocycles. The van der Waals surface area contributed by atoms with Crippen LogP contribution in [0.2, 0.25) is 0 Å². The number of carbonyl (C=O) groups is 2. The van der Waals surface area contributed by atoms with E-state index in [9.17, 15) is 9.59 Å². The highest BCUT2D eigenvalue weighted by atomic mass is 16.5. The van der Waals surface area contributed by atoms with E-state index in [0.29, 0.717) is 18.9 Å². The Morgan fingerprint density at radius 3 is 2.86 bits per heavy atom. The molecule has 0 bridgehead atoms. The van der Waals surface area contributed by atoms with E-state index in [0.717, 1.165) is 0 Å². The Labute approximate surface area is 130 Å². The molecule has 8 heteroatoms. The molecule has 1 aliphatic heterocycles. The summed E-state index contributed by atoms with van der Waals surface area (Å²) in [6.07, 6.45) is 3.00. The average Bonchev–Trinajstić information content (AvgIpc) is 2.51. The molecule has 0 radical (unpaired) electrons. The monoisotopic (exact) mass is 309 g/mol. The molecule has 0 aromatic rings. The molecular formula is C14H23N5O3. The maximum atomic E-state index is 12.0. The van der Waals surface area contributed by atoms with Crippen LogP contribution in [0.3, 0.4) is 0 Å². The first-order valence-corrected chi connectivity index (χ1v) is 7.02. The predicted molar refractivity (Wildman–Crippen MR) is 84.6 cm³/mol. The topological polar surface area (TPSA) is 86.6 Å². The third-order valence-electron chi connectivity index (χ3n) is 2.90. The van der Waals surface area contributed by atoms with Gasteiger partial charge in [0.05, 0.1) is 12.7 Å². The summed E-state index contributed by atoms with van der Waals surface area (Å²) in [7, 11) is 1.45. The molecule has 0 fully saturated rings. The van der Waals surface area contributed by atoms with Crippen molar-refractivity contribution in [2.24, 2.45) is 9.98 Å². The van der Waals surface area contributed by atoms with E-state index in [1.807, 2.05) is 13.8 Å². The van der Waals surface area contributed by atoms with Crippen LogP contribution in [-0.4, -0.2) is 73.7 Å². The summed E-state index contributed by atoms with van der Waals surface area (Å²) in [5, 5.41) is 2.65. The summed E-state index contributed by atoms with van der Waals surface area (Å²) >= 11 is 0. The number of rotatable bonds is 6. The number of hydrogen-bond donors (Lipinski definition) is 1. The third kappa shape index (κ3) is 5.65. The Morgan fingerprint density at radius 1 is 1.50 bits per heavy atom. The summed E-state index contributed by atoms with van der Waals surface area (Å²) in [6, 6.07) is 0.142. The summed E-state index contributed by atoms with van der Waals surface area (Å²) in [6.45, 7) is 8.46. The molecule has 22 heavy (non-hydrogen) atoms. The molecule has 122 valence electrons. The minimum atomic E-state index is -0.232. The fraction of sp³-hybridized carbons (Fsp3) is 0.571. The van der Waals surface area contributed by atoms with Crippen LogP contribution in [0.1, 0.15) is 13.8 Å². The number of ether oxygens (including phenoxy) is 1. The smallest absolute Gasteiger partial charge is 0.249 e. The van der Waals surface area contributed by atoms with Gasteiger partial charge >= 0.3 is 0 Å². The first kappa shape index (κ1) is 17.8. The molecule has 0 atom stereocenters. The lowest BCUT2D eigenvalue weighted by Gasteiger charge is -2.22. The molecule has 0 aromatic heterocycles. The van der Waals surface area contributed by atoms with Crippen molar-refractivity contribution in [1.29, 1.82) is 0 Å². The molecule has 0 aromatic carbocycles. The van der Waals surface area contributed by atoms with Crippen molar-refractivity contribution in [3.63, 3.8) is 0 Å². The fourth-order valence-electron chi connectivity index (χ4n) is 1.74. The highest BCUT2D eigenvalue weighted by molar-refractivity contribution is 5.90. The predicted octanol–water partition coefficient (Wildman–Crippen LogP) is -0.171. The van der Waals surface area contributed by atoms with E-state index in [2.05, 4.69) is 21.9 Å². The van der Waals surface area contributed by atoms with Crippen LogP contribution < -0.4 is 5.32 Å². The Kier molecular flexibility index (Phi) is 7.24. The zero-order valence-electron chi connectivity index (χ0n) is 13.3. The van der Waals surface area contributed by atoms with Gasteiger partial charge in [-0.25, -0.2) is 4.99 Å². The number of amides is 2. The van der Waals surface area contributed by atoms with Gasteiger partial charge in [0, 0.05) is 26.2 Å². The molecule has 2 amide bonds. The van der Waals surface area contributed by atoms with Gasteiger partial charge in [0.1, 0.15) is 19.0 Å². The van der Waals surface area contributed by atoms with Crippen LogP contribution in [0.5, 0.6) is 0 Å². The van der Waals surface area contributed by atoms with E-state index in [1.54, 1.807) is 11.2 Å². The molecule has 1 heterocycles. The molecular weight excluding hydrogens is 286 g/mol. The number of hydrogen-bond acceptors (Lipinski definition) is 6. The first-order valence-electron chi connectivity index (χ1n) is 7.02. The average molecular weight is 309 g/mol. The molecule has 1 aliphatic rings. The zero-order valence-corrected chi connectivity index (χ0v) is 13.3. The van der Waals surface area contributed by atoms with Gasteiger partial charge in [-0.1, -0.05) is 6.58 Å². The largest absolute Gasteiger partial charge is 0.375 e. The van der Waals surface area contributed by atoms with Crippen molar-refractivity contribution in [1.82, 2.24) is 15.1 Å². The summed E-state index contributed by atoms with van der Waals surface area (Å²) < 4.78 is 4.71. The molecule has 0 spiro atoms. The maximum Gasteiger partial charge on any atom is 0.249 e. The van der Waals surface area contributed by atoms with E-state index in [-0.39, 0.29) is 31.0 Å². The highest BCUT2D eigenvalue weighted by Gasteiger charge is 2.15. The van der Waals surface area contributed by atoms with Crippen LogP contribution in [0.4, 0.5) is 0 Å². The zero-order chi connectivity index (χ0) is 16.5. The number of nitrogens with one attached hydrogen (secondary N) is 1. The third-order valence-corrected chi connectivity index (χ3v) is 2.90. The van der Waals surface area contributed by atoms with Crippen LogP contribution in [0.15, 0.2) is 22.4 Å². The molecule has 0 aliphatic carbocycles. The van der Waals surface area contributed by atoms with Gasteiger partial charge in [-0.3, -0.25) is 19.5 Å². The SMILES string of the molecule is C=C1/N=C\N(CCNC(=O)COC)C(=O)C/N=C\N1C(C)C. The first-order chi connectivity index (χ1) is 10.5. The second-order valence-corrected chi connectivity index (χ2v) is 4.99.